The van der Waals surface area contributed by atoms with Crippen LogP contribution in [-0.4, -0.2) is 39.8 Å². The van der Waals surface area contributed by atoms with Crippen LogP contribution in [0, 0.1) is 0 Å². The molecule has 2 aromatic rings. The van der Waals surface area contributed by atoms with Gasteiger partial charge < -0.3 is 20.3 Å². The van der Waals surface area contributed by atoms with Crippen LogP contribution in [0.1, 0.15) is 12.5 Å². The van der Waals surface area contributed by atoms with Crippen LogP contribution >= 0.6 is 0 Å². The minimum absolute atomic E-state index is 0.331. The van der Waals surface area contributed by atoms with Crippen molar-refractivity contribution in [2.75, 3.05) is 32.6 Å². The number of anilines is 1. The van der Waals surface area contributed by atoms with E-state index in [1.54, 1.807) is 14.2 Å². The SMILES string of the molecule is CN=C(NCc1cccc(OC)c1)NCC(C)N(C)c1ccccc1. The molecule has 5 heteroatoms. The predicted octanol–water partition coefficient (Wildman–Crippen LogP) is 2.89. The van der Waals surface area contributed by atoms with E-state index in [1.807, 2.05) is 24.3 Å². The van der Waals surface area contributed by atoms with Gasteiger partial charge in [-0.05, 0) is 36.8 Å². The van der Waals surface area contributed by atoms with E-state index in [0.717, 1.165) is 23.8 Å². The van der Waals surface area contributed by atoms with Crippen molar-refractivity contribution >= 4 is 11.6 Å². The summed E-state index contributed by atoms with van der Waals surface area (Å²) in [5.41, 5.74) is 2.35. The average Bonchev–Trinajstić information content (AvgIpc) is 2.68. The number of nitrogens with zero attached hydrogens (tertiary/aromatic N) is 2. The maximum atomic E-state index is 5.26. The van der Waals surface area contributed by atoms with Gasteiger partial charge in [0.05, 0.1) is 7.11 Å². The Kier molecular flexibility index (Phi) is 7.14. The van der Waals surface area contributed by atoms with Gasteiger partial charge in [-0.1, -0.05) is 30.3 Å². The number of hydrogen-bond donors (Lipinski definition) is 2. The molecule has 5 nitrogen and oxygen atoms in total. The molecule has 0 aliphatic rings. The van der Waals surface area contributed by atoms with Crippen LogP contribution in [0.2, 0.25) is 0 Å². The van der Waals surface area contributed by atoms with Crippen LogP contribution in [0.15, 0.2) is 59.6 Å². The van der Waals surface area contributed by atoms with Crippen molar-refractivity contribution in [3.8, 4) is 5.75 Å². The summed E-state index contributed by atoms with van der Waals surface area (Å²) in [4.78, 5) is 6.55. The number of aliphatic imine (C=N–C) groups is 1. The van der Waals surface area contributed by atoms with Crippen molar-refractivity contribution in [3.63, 3.8) is 0 Å². The number of methoxy groups -OCH3 is 1. The number of rotatable bonds is 7. The fourth-order valence-corrected chi connectivity index (χ4v) is 2.49. The number of likely N-dealkylation sites (N-methyl/N-ethyl adjacent to an activating group) is 1. The first-order chi connectivity index (χ1) is 12.1. The minimum Gasteiger partial charge on any atom is -0.497 e. The molecular formula is C20H28N4O. The maximum absolute atomic E-state index is 5.26. The fourth-order valence-electron chi connectivity index (χ4n) is 2.49. The van der Waals surface area contributed by atoms with Gasteiger partial charge in [0, 0.05) is 38.9 Å². The lowest BCUT2D eigenvalue weighted by molar-refractivity contribution is 0.414. The van der Waals surface area contributed by atoms with E-state index < -0.39 is 0 Å². The van der Waals surface area contributed by atoms with Gasteiger partial charge in [-0.2, -0.15) is 0 Å². The third kappa shape index (κ3) is 5.71. The summed E-state index contributed by atoms with van der Waals surface area (Å²) < 4.78 is 5.26. The third-order valence-electron chi connectivity index (χ3n) is 4.21. The Balaban J connectivity index is 1.83. The zero-order valence-corrected chi connectivity index (χ0v) is 15.5. The normalized spacial score (nSPS) is 12.4. The highest BCUT2D eigenvalue weighted by atomic mass is 16.5. The molecule has 1 atom stereocenters. The Hall–Kier alpha value is -2.69. The first kappa shape index (κ1) is 18.6. The van der Waals surface area contributed by atoms with Crippen molar-refractivity contribution < 1.29 is 4.74 Å². The standard InChI is InChI=1S/C20H28N4O/c1-16(24(3)18-10-6-5-7-11-18)14-22-20(21-2)23-15-17-9-8-12-19(13-17)25-4/h5-13,16H,14-15H2,1-4H3,(H2,21,22,23). The number of para-hydroxylation sites is 1. The van der Waals surface area contributed by atoms with Crippen molar-refractivity contribution in [2.24, 2.45) is 4.99 Å². The number of benzene rings is 2. The highest BCUT2D eigenvalue weighted by molar-refractivity contribution is 5.79. The van der Waals surface area contributed by atoms with Crippen molar-refractivity contribution in [1.82, 2.24) is 10.6 Å². The van der Waals surface area contributed by atoms with Gasteiger partial charge >= 0.3 is 0 Å². The summed E-state index contributed by atoms with van der Waals surface area (Å²) in [5, 5.41) is 6.72. The molecule has 0 heterocycles. The Morgan fingerprint density at radius 1 is 1.12 bits per heavy atom. The van der Waals surface area contributed by atoms with Crippen LogP contribution < -0.4 is 20.3 Å². The summed E-state index contributed by atoms with van der Waals surface area (Å²) in [6, 6.07) is 18.7. The summed E-state index contributed by atoms with van der Waals surface area (Å²) >= 11 is 0. The van der Waals surface area contributed by atoms with E-state index >= 15 is 0 Å². The largest absolute Gasteiger partial charge is 0.497 e. The smallest absolute Gasteiger partial charge is 0.191 e. The highest BCUT2D eigenvalue weighted by Gasteiger charge is 2.10. The van der Waals surface area contributed by atoms with Crippen LogP contribution in [0.3, 0.4) is 0 Å². The maximum Gasteiger partial charge on any atom is 0.191 e. The Labute approximate surface area is 150 Å². The van der Waals surface area contributed by atoms with Crippen LogP contribution in [0.25, 0.3) is 0 Å². The van der Waals surface area contributed by atoms with Crippen molar-refractivity contribution in [2.45, 2.75) is 19.5 Å². The van der Waals surface area contributed by atoms with Crippen LogP contribution in [-0.2, 0) is 6.54 Å². The first-order valence-corrected chi connectivity index (χ1v) is 8.49. The molecule has 134 valence electrons. The fraction of sp³-hybridized carbons (Fsp3) is 0.350. The molecule has 0 bridgehead atoms. The first-order valence-electron chi connectivity index (χ1n) is 8.49. The average molecular weight is 340 g/mol. The molecule has 0 amide bonds. The van der Waals surface area contributed by atoms with Gasteiger partial charge in [0.2, 0.25) is 0 Å². The van der Waals surface area contributed by atoms with E-state index in [1.165, 1.54) is 5.69 Å². The van der Waals surface area contributed by atoms with Gasteiger partial charge in [0.1, 0.15) is 5.75 Å². The van der Waals surface area contributed by atoms with E-state index in [2.05, 4.69) is 64.8 Å². The van der Waals surface area contributed by atoms with E-state index in [9.17, 15) is 0 Å². The second-order valence-electron chi connectivity index (χ2n) is 5.95. The summed E-state index contributed by atoms with van der Waals surface area (Å²) in [6.45, 7) is 3.68. The topological polar surface area (TPSA) is 48.9 Å². The number of ether oxygens (including phenoxy) is 1. The summed E-state index contributed by atoms with van der Waals surface area (Å²) in [7, 11) is 5.57. The van der Waals surface area contributed by atoms with Gasteiger partial charge in [-0.3, -0.25) is 4.99 Å². The Morgan fingerprint density at radius 2 is 1.88 bits per heavy atom. The molecular weight excluding hydrogens is 312 g/mol. The molecule has 0 aromatic heterocycles. The van der Waals surface area contributed by atoms with E-state index in [4.69, 9.17) is 4.74 Å². The Bertz CT molecular complexity index is 672. The highest BCUT2D eigenvalue weighted by Crippen LogP contribution is 2.14. The molecule has 25 heavy (non-hydrogen) atoms. The number of nitrogens with one attached hydrogen (secondary N) is 2. The molecule has 2 aromatic carbocycles. The molecule has 0 fully saturated rings. The monoisotopic (exact) mass is 340 g/mol. The molecule has 1 unspecified atom stereocenters. The third-order valence-corrected chi connectivity index (χ3v) is 4.21. The lowest BCUT2D eigenvalue weighted by Crippen LogP contribution is -2.44. The quantitative estimate of drug-likeness (QED) is 0.601. The molecule has 0 spiro atoms. The van der Waals surface area contributed by atoms with Crippen LogP contribution in [0.4, 0.5) is 5.69 Å². The number of guanidine groups is 1. The van der Waals surface area contributed by atoms with Gasteiger partial charge in [-0.25, -0.2) is 0 Å². The Morgan fingerprint density at radius 3 is 2.56 bits per heavy atom. The van der Waals surface area contributed by atoms with Gasteiger partial charge in [0.25, 0.3) is 0 Å². The van der Waals surface area contributed by atoms with E-state index in [-0.39, 0.29) is 0 Å². The second kappa shape index (κ2) is 9.57. The van der Waals surface area contributed by atoms with Crippen molar-refractivity contribution in [1.29, 1.82) is 0 Å². The van der Waals surface area contributed by atoms with Crippen molar-refractivity contribution in [3.05, 3.63) is 60.2 Å². The minimum atomic E-state index is 0.331. The summed E-state index contributed by atoms with van der Waals surface area (Å²) in [5.74, 6) is 1.65. The van der Waals surface area contributed by atoms with E-state index in [0.29, 0.717) is 12.6 Å². The molecule has 2 rings (SSSR count). The lowest BCUT2D eigenvalue weighted by Gasteiger charge is -2.27. The molecule has 0 radical (unpaired) electrons. The van der Waals surface area contributed by atoms with Gasteiger partial charge in [-0.15, -0.1) is 0 Å². The van der Waals surface area contributed by atoms with Crippen LogP contribution in [0.5, 0.6) is 5.75 Å². The lowest BCUT2D eigenvalue weighted by atomic mass is 10.2. The molecule has 0 saturated carbocycles. The molecule has 0 aliphatic heterocycles. The zero-order chi connectivity index (χ0) is 18.1. The summed E-state index contributed by atoms with van der Waals surface area (Å²) in [6.07, 6.45) is 0. The molecule has 2 N–H and O–H groups in total. The number of hydrogen-bond acceptors (Lipinski definition) is 3. The zero-order valence-electron chi connectivity index (χ0n) is 15.5. The molecule has 0 aliphatic carbocycles. The second-order valence-corrected chi connectivity index (χ2v) is 5.95. The van der Waals surface area contributed by atoms with Gasteiger partial charge in [0.15, 0.2) is 5.96 Å². The predicted molar refractivity (Wildman–Crippen MR) is 106 cm³/mol. The molecule has 0 saturated heterocycles.